The van der Waals surface area contributed by atoms with Gasteiger partial charge in [0.15, 0.2) is 6.71 Å². The van der Waals surface area contributed by atoms with Crippen LogP contribution in [0.3, 0.4) is 0 Å². The fourth-order valence-electron chi connectivity index (χ4n) is 1.83. The van der Waals surface area contributed by atoms with Crippen LogP contribution >= 0.6 is 0 Å². The third-order valence-electron chi connectivity index (χ3n) is 2.99. The van der Waals surface area contributed by atoms with Crippen LogP contribution in [0.25, 0.3) is 0 Å². The normalized spacial score (nSPS) is 13.9. The van der Waals surface area contributed by atoms with Crippen molar-refractivity contribution < 1.29 is 13.2 Å². The Morgan fingerprint density at radius 3 is 2.16 bits per heavy atom. The van der Waals surface area contributed by atoms with Gasteiger partial charge in [0.05, 0.1) is 0 Å². The molecule has 0 spiro atoms. The number of halogens is 3. The predicted molar refractivity (Wildman–Crippen MR) is 78.6 cm³/mol. The smallest absolute Gasteiger partial charge is 0.208 e. The van der Waals surface area contributed by atoms with Crippen molar-refractivity contribution in [3.05, 3.63) is 35.6 Å². The Bertz CT molecular complexity index is 362. The lowest BCUT2D eigenvalue weighted by Gasteiger charge is -2.23. The van der Waals surface area contributed by atoms with Crippen LogP contribution < -0.4 is 0 Å². The van der Waals surface area contributed by atoms with Crippen LogP contribution in [-0.2, 0) is 0 Å². The van der Waals surface area contributed by atoms with Crippen LogP contribution in [0, 0.1) is 5.41 Å². The number of hydrogen-bond donors (Lipinski definition) is 0. The van der Waals surface area contributed by atoms with E-state index in [4.69, 9.17) is 0 Å². The predicted octanol–water partition coefficient (Wildman–Crippen LogP) is 5.71. The van der Waals surface area contributed by atoms with Crippen molar-refractivity contribution in [2.45, 2.75) is 53.7 Å². The zero-order valence-corrected chi connectivity index (χ0v) is 12.6. The summed E-state index contributed by atoms with van der Waals surface area (Å²) < 4.78 is 38.5. The van der Waals surface area contributed by atoms with Gasteiger partial charge in [-0.2, -0.15) is 0 Å². The first-order valence-corrected chi connectivity index (χ1v) is 6.59. The highest BCUT2D eigenvalue weighted by Crippen LogP contribution is 2.28. The van der Waals surface area contributed by atoms with Crippen molar-refractivity contribution in [3.8, 4) is 0 Å². The molecule has 0 aromatic heterocycles. The van der Waals surface area contributed by atoms with Crippen LogP contribution in [0.4, 0.5) is 13.2 Å². The molecule has 0 N–H and O–H groups in total. The molecule has 0 fully saturated rings. The largest absolute Gasteiger partial charge is 0.259 e. The minimum absolute atomic E-state index is 0.0384. The van der Waals surface area contributed by atoms with E-state index in [9.17, 15) is 13.2 Å². The third-order valence-corrected chi connectivity index (χ3v) is 2.99. The molecular weight excluding hydrogens is 248 g/mol. The van der Waals surface area contributed by atoms with Gasteiger partial charge in [0.1, 0.15) is 5.83 Å². The summed E-state index contributed by atoms with van der Waals surface area (Å²) in [5.74, 6) is -0.504. The second kappa shape index (κ2) is 7.61. The second-order valence-electron chi connectivity index (χ2n) is 6.12. The zero-order chi connectivity index (χ0) is 15.2. The van der Waals surface area contributed by atoms with E-state index in [2.05, 4.69) is 27.4 Å². The van der Waals surface area contributed by atoms with Crippen molar-refractivity contribution in [1.29, 1.82) is 0 Å². The van der Waals surface area contributed by atoms with Gasteiger partial charge in [0.25, 0.3) is 6.43 Å². The molecule has 0 rings (SSSR count). The second-order valence-corrected chi connectivity index (χ2v) is 6.12. The van der Waals surface area contributed by atoms with Gasteiger partial charge in [-0.05, 0) is 24.0 Å². The van der Waals surface area contributed by atoms with Gasteiger partial charge in [0, 0.05) is 0 Å². The van der Waals surface area contributed by atoms with Gasteiger partial charge in [0.2, 0.25) is 0 Å². The molecule has 0 bridgehead atoms. The monoisotopic (exact) mass is 272 g/mol. The molecule has 0 atom stereocenters. The molecule has 0 aliphatic heterocycles. The molecule has 108 valence electrons. The topological polar surface area (TPSA) is 0 Å². The lowest BCUT2D eigenvalue weighted by Crippen LogP contribution is -2.22. The highest BCUT2D eigenvalue weighted by Gasteiger charge is 2.24. The summed E-state index contributed by atoms with van der Waals surface area (Å²) in [7, 11) is 0. The lowest BCUT2D eigenvalue weighted by molar-refractivity contribution is 0.190. The van der Waals surface area contributed by atoms with Crippen LogP contribution in [0.2, 0.25) is 12.6 Å². The van der Waals surface area contributed by atoms with E-state index in [1.165, 1.54) is 6.92 Å². The molecule has 0 aliphatic carbocycles. The van der Waals surface area contributed by atoms with Gasteiger partial charge in [-0.25, -0.2) is 13.2 Å². The summed E-state index contributed by atoms with van der Waals surface area (Å²) in [6, 6.07) is 0. The Hall–Kier alpha value is -0.925. The van der Waals surface area contributed by atoms with Gasteiger partial charge in [-0.3, -0.25) is 0 Å². The number of hydrogen-bond acceptors (Lipinski definition) is 0. The van der Waals surface area contributed by atoms with E-state index in [0.717, 1.165) is 24.8 Å². The van der Waals surface area contributed by atoms with Crippen molar-refractivity contribution in [1.82, 2.24) is 0 Å². The molecule has 0 nitrogen and oxygen atoms in total. The number of allylic oxidation sites excluding steroid dienone is 5. The Balaban J connectivity index is 4.88. The lowest BCUT2D eigenvalue weighted by atomic mass is 9.37. The molecule has 0 saturated carbocycles. The van der Waals surface area contributed by atoms with E-state index in [1.54, 1.807) is 0 Å². The van der Waals surface area contributed by atoms with Crippen LogP contribution in [0.5, 0.6) is 0 Å². The Morgan fingerprint density at radius 1 is 1.26 bits per heavy atom. The standard InChI is InChI=1S/C15H24BF3/c1-7-16(10-15(4,5)6)12(3)13(17)9-8-11(2)14(18)19/h8-9,14H,3,7,10H2,1-2,4-6H3/b11-8+,13-9+. The first kappa shape index (κ1) is 18.1. The quantitative estimate of drug-likeness (QED) is 0.429. The van der Waals surface area contributed by atoms with Gasteiger partial charge in [-0.1, -0.05) is 51.9 Å². The maximum Gasteiger partial charge on any atom is 0.259 e. The molecule has 0 aromatic rings. The van der Waals surface area contributed by atoms with Gasteiger partial charge < -0.3 is 0 Å². The van der Waals surface area contributed by atoms with Crippen molar-refractivity contribution >= 4 is 6.71 Å². The average molecular weight is 272 g/mol. The minimum Gasteiger partial charge on any atom is -0.208 e. The molecule has 0 heterocycles. The number of alkyl halides is 2. The van der Waals surface area contributed by atoms with Crippen molar-refractivity contribution in [2.24, 2.45) is 5.41 Å². The molecule has 0 amide bonds. The molecule has 0 unspecified atom stereocenters. The third kappa shape index (κ3) is 7.29. The summed E-state index contributed by atoms with van der Waals surface area (Å²) in [4.78, 5) is 0. The van der Waals surface area contributed by atoms with Gasteiger partial charge in [-0.15, -0.1) is 6.58 Å². The Kier molecular flexibility index (Phi) is 7.24. The highest BCUT2D eigenvalue weighted by molar-refractivity contribution is 6.67. The Labute approximate surface area is 115 Å². The van der Waals surface area contributed by atoms with Crippen LogP contribution in [0.15, 0.2) is 35.6 Å². The maximum absolute atomic E-state index is 13.9. The minimum atomic E-state index is -2.55. The molecule has 19 heavy (non-hydrogen) atoms. The Morgan fingerprint density at radius 2 is 1.79 bits per heavy atom. The summed E-state index contributed by atoms with van der Waals surface area (Å²) in [5.41, 5.74) is 0.334. The molecule has 0 aromatic carbocycles. The summed E-state index contributed by atoms with van der Waals surface area (Å²) in [5, 5.41) is 0. The molecule has 0 aliphatic rings. The highest BCUT2D eigenvalue weighted by atomic mass is 19.3. The van der Waals surface area contributed by atoms with E-state index in [1.807, 2.05) is 6.92 Å². The van der Waals surface area contributed by atoms with Crippen molar-refractivity contribution in [3.63, 3.8) is 0 Å². The molecule has 0 radical (unpaired) electrons. The fourth-order valence-corrected chi connectivity index (χ4v) is 1.83. The first-order valence-electron chi connectivity index (χ1n) is 6.59. The number of rotatable bonds is 6. The van der Waals surface area contributed by atoms with E-state index < -0.39 is 12.3 Å². The molecule has 0 saturated heterocycles. The summed E-state index contributed by atoms with van der Waals surface area (Å²) in [6.07, 6.45) is 1.27. The van der Waals surface area contributed by atoms with E-state index in [0.29, 0.717) is 5.47 Å². The van der Waals surface area contributed by atoms with Crippen LogP contribution in [-0.4, -0.2) is 13.1 Å². The van der Waals surface area contributed by atoms with Crippen LogP contribution in [0.1, 0.15) is 34.6 Å². The molecule has 4 heteroatoms. The van der Waals surface area contributed by atoms with Crippen molar-refractivity contribution in [2.75, 3.05) is 0 Å². The van der Waals surface area contributed by atoms with E-state index >= 15 is 0 Å². The first-order chi connectivity index (χ1) is 8.58. The average Bonchev–Trinajstić information content (AvgIpc) is 2.30. The molecular formula is C15H24BF3. The zero-order valence-electron chi connectivity index (χ0n) is 12.6. The summed E-state index contributed by atoms with van der Waals surface area (Å²) >= 11 is 0. The summed E-state index contributed by atoms with van der Waals surface area (Å²) in [6.45, 7) is 13.3. The van der Waals surface area contributed by atoms with Gasteiger partial charge >= 0.3 is 0 Å². The fraction of sp³-hybridized carbons (Fsp3) is 0.600. The SMILES string of the molecule is C=C(B(CC)CC(C)(C)C)/C(F)=C\C=C(/C)C(F)F. The van der Waals surface area contributed by atoms with E-state index in [-0.39, 0.29) is 17.7 Å². The maximum atomic E-state index is 13.9.